The maximum absolute atomic E-state index is 5.96. The van der Waals surface area contributed by atoms with Crippen molar-refractivity contribution in [1.29, 1.82) is 0 Å². The maximum Gasteiger partial charge on any atom is 0.237 e. The Hall–Kier alpha value is -1.93. The van der Waals surface area contributed by atoms with Crippen LogP contribution in [0.5, 0.6) is 5.88 Å². The van der Waals surface area contributed by atoms with Crippen LogP contribution in [0.1, 0.15) is 31.7 Å². The molecular formula is C13H17ClN6O2. The Bertz CT molecular complexity index is 609. The number of aromatic amines is 1. The lowest BCUT2D eigenvalue weighted by Gasteiger charge is -2.13. The van der Waals surface area contributed by atoms with Crippen LogP contribution < -0.4 is 10.1 Å². The van der Waals surface area contributed by atoms with Crippen LogP contribution in [0.3, 0.4) is 0 Å². The van der Waals surface area contributed by atoms with Crippen molar-refractivity contribution in [2.75, 3.05) is 18.5 Å². The zero-order valence-electron chi connectivity index (χ0n) is 12.1. The summed E-state index contributed by atoms with van der Waals surface area (Å²) < 4.78 is 11.3. The maximum atomic E-state index is 5.96. The lowest BCUT2D eigenvalue weighted by molar-refractivity contribution is 0.0471. The number of rotatable bonds is 6. The molecule has 1 fully saturated rings. The standard InChI is InChI=1S/C13H17ClN6O2/c1-2-21-12-9(14)6-16-13(19-12)15-5-8-3-4-10(22-8)11-17-7-18-20-11/h6-8,10H,2-5H2,1H3,(H,15,16,19)(H,17,18,20)/t8-,10+/m1/s1. The third-order valence-corrected chi connectivity index (χ3v) is 3.59. The normalized spacial score (nSPS) is 21.0. The topological polar surface area (TPSA) is 97.8 Å². The molecule has 0 bridgehead atoms. The van der Waals surface area contributed by atoms with Crippen molar-refractivity contribution in [1.82, 2.24) is 25.1 Å². The molecular weight excluding hydrogens is 308 g/mol. The van der Waals surface area contributed by atoms with Gasteiger partial charge in [-0.15, -0.1) is 0 Å². The summed E-state index contributed by atoms with van der Waals surface area (Å²) in [5, 5.41) is 10.2. The minimum absolute atomic E-state index is 0.0283. The predicted molar refractivity (Wildman–Crippen MR) is 79.9 cm³/mol. The molecule has 3 heterocycles. The number of nitrogens with zero attached hydrogens (tertiary/aromatic N) is 4. The highest BCUT2D eigenvalue weighted by atomic mass is 35.5. The molecule has 118 valence electrons. The number of halogens is 1. The third-order valence-electron chi connectivity index (χ3n) is 3.33. The van der Waals surface area contributed by atoms with Gasteiger partial charge in [-0.1, -0.05) is 11.6 Å². The van der Waals surface area contributed by atoms with E-state index in [-0.39, 0.29) is 12.2 Å². The second-order valence-electron chi connectivity index (χ2n) is 4.86. The molecule has 0 aromatic carbocycles. The highest BCUT2D eigenvalue weighted by Crippen LogP contribution is 2.30. The van der Waals surface area contributed by atoms with Crippen LogP contribution in [-0.4, -0.2) is 44.4 Å². The van der Waals surface area contributed by atoms with Gasteiger partial charge in [0.2, 0.25) is 11.8 Å². The van der Waals surface area contributed by atoms with E-state index in [0.717, 1.165) is 18.7 Å². The molecule has 22 heavy (non-hydrogen) atoms. The molecule has 2 atom stereocenters. The molecule has 3 rings (SSSR count). The first-order chi connectivity index (χ1) is 10.8. The van der Waals surface area contributed by atoms with Crippen LogP contribution in [0, 0.1) is 0 Å². The Labute approximate surface area is 132 Å². The number of H-pyrrole nitrogens is 1. The Morgan fingerprint density at radius 3 is 3.14 bits per heavy atom. The molecule has 1 aliphatic rings. The van der Waals surface area contributed by atoms with E-state index in [4.69, 9.17) is 21.1 Å². The molecule has 1 saturated heterocycles. The molecule has 8 nitrogen and oxygen atoms in total. The van der Waals surface area contributed by atoms with E-state index < -0.39 is 0 Å². The summed E-state index contributed by atoms with van der Waals surface area (Å²) in [7, 11) is 0. The van der Waals surface area contributed by atoms with E-state index in [1.54, 1.807) is 0 Å². The van der Waals surface area contributed by atoms with Gasteiger partial charge in [0, 0.05) is 6.54 Å². The van der Waals surface area contributed by atoms with Gasteiger partial charge in [-0.3, -0.25) is 5.10 Å². The van der Waals surface area contributed by atoms with Gasteiger partial charge in [-0.05, 0) is 19.8 Å². The fourth-order valence-electron chi connectivity index (χ4n) is 2.31. The number of anilines is 1. The zero-order chi connectivity index (χ0) is 15.4. The quantitative estimate of drug-likeness (QED) is 0.838. The highest BCUT2D eigenvalue weighted by molar-refractivity contribution is 6.31. The van der Waals surface area contributed by atoms with Gasteiger partial charge in [0.1, 0.15) is 17.5 Å². The zero-order valence-corrected chi connectivity index (χ0v) is 12.9. The average Bonchev–Trinajstić information content (AvgIpc) is 3.19. The van der Waals surface area contributed by atoms with Crippen LogP contribution in [0.4, 0.5) is 5.95 Å². The highest BCUT2D eigenvalue weighted by Gasteiger charge is 2.28. The van der Waals surface area contributed by atoms with Crippen LogP contribution in [0.2, 0.25) is 5.02 Å². The average molecular weight is 325 g/mol. The van der Waals surface area contributed by atoms with Gasteiger partial charge >= 0.3 is 0 Å². The van der Waals surface area contributed by atoms with E-state index in [0.29, 0.717) is 30.0 Å². The van der Waals surface area contributed by atoms with Crippen LogP contribution in [0.15, 0.2) is 12.5 Å². The van der Waals surface area contributed by atoms with Crippen molar-refractivity contribution in [3.63, 3.8) is 0 Å². The summed E-state index contributed by atoms with van der Waals surface area (Å²) in [6.07, 6.45) is 4.90. The van der Waals surface area contributed by atoms with E-state index in [9.17, 15) is 0 Å². The van der Waals surface area contributed by atoms with E-state index in [1.807, 2.05) is 6.92 Å². The van der Waals surface area contributed by atoms with Gasteiger partial charge in [0.25, 0.3) is 0 Å². The van der Waals surface area contributed by atoms with E-state index in [2.05, 4.69) is 30.5 Å². The second kappa shape index (κ2) is 6.89. The smallest absolute Gasteiger partial charge is 0.237 e. The Morgan fingerprint density at radius 2 is 2.36 bits per heavy atom. The molecule has 9 heteroatoms. The van der Waals surface area contributed by atoms with Gasteiger partial charge < -0.3 is 14.8 Å². The molecule has 0 amide bonds. The molecule has 0 saturated carbocycles. The van der Waals surface area contributed by atoms with Crippen LogP contribution in [0.25, 0.3) is 0 Å². The Kier molecular flexibility index (Phi) is 4.69. The van der Waals surface area contributed by atoms with Crippen LogP contribution in [-0.2, 0) is 4.74 Å². The summed E-state index contributed by atoms with van der Waals surface area (Å²) in [6.45, 7) is 2.99. The Morgan fingerprint density at radius 1 is 1.45 bits per heavy atom. The number of aromatic nitrogens is 5. The third kappa shape index (κ3) is 3.45. The van der Waals surface area contributed by atoms with Crippen molar-refractivity contribution in [2.24, 2.45) is 0 Å². The largest absolute Gasteiger partial charge is 0.477 e. The van der Waals surface area contributed by atoms with E-state index >= 15 is 0 Å². The molecule has 0 spiro atoms. The van der Waals surface area contributed by atoms with Gasteiger partial charge in [-0.25, -0.2) is 9.97 Å². The Balaban J connectivity index is 1.54. The van der Waals surface area contributed by atoms with Gasteiger partial charge in [0.05, 0.1) is 18.9 Å². The van der Waals surface area contributed by atoms with Crippen molar-refractivity contribution >= 4 is 17.5 Å². The lowest BCUT2D eigenvalue weighted by atomic mass is 10.2. The first kappa shape index (κ1) is 15.0. The van der Waals surface area contributed by atoms with Crippen molar-refractivity contribution in [3.05, 3.63) is 23.4 Å². The molecule has 2 aromatic rings. The van der Waals surface area contributed by atoms with E-state index in [1.165, 1.54) is 12.5 Å². The lowest BCUT2D eigenvalue weighted by Crippen LogP contribution is -2.20. The minimum Gasteiger partial charge on any atom is -0.477 e. The second-order valence-corrected chi connectivity index (χ2v) is 5.26. The van der Waals surface area contributed by atoms with Gasteiger partial charge in [0.15, 0.2) is 5.82 Å². The molecule has 2 N–H and O–H groups in total. The summed E-state index contributed by atoms with van der Waals surface area (Å²) in [5.74, 6) is 1.62. The van der Waals surface area contributed by atoms with Crippen molar-refractivity contribution < 1.29 is 9.47 Å². The first-order valence-electron chi connectivity index (χ1n) is 7.16. The summed E-state index contributed by atoms with van der Waals surface area (Å²) in [6, 6.07) is 0. The van der Waals surface area contributed by atoms with Crippen molar-refractivity contribution in [3.8, 4) is 5.88 Å². The molecule has 0 aliphatic carbocycles. The monoisotopic (exact) mass is 324 g/mol. The number of nitrogens with one attached hydrogen (secondary N) is 2. The summed E-state index contributed by atoms with van der Waals surface area (Å²) in [4.78, 5) is 12.5. The SMILES string of the molecule is CCOc1nc(NC[C@H]2CC[C@@H](c3ncn[nH]3)O2)ncc1Cl. The summed E-state index contributed by atoms with van der Waals surface area (Å²) >= 11 is 5.96. The molecule has 2 aromatic heterocycles. The fraction of sp³-hybridized carbons (Fsp3) is 0.538. The number of ether oxygens (including phenoxy) is 2. The summed E-state index contributed by atoms with van der Waals surface area (Å²) in [5.41, 5.74) is 0. The molecule has 1 aliphatic heterocycles. The minimum atomic E-state index is -0.0283. The molecule has 0 unspecified atom stereocenters. The predicted octanol–water partition coefficient (Wildman–Crippen LogP) is 1.98. The van der Waals surface area contributed by atoms with Crippen molar-refractivity contribution in [2.45, 2.75) is 32.0 Å². The van der Waals surface area contributed by atoms with Crippen LogP contribution >= 0.6 is 11.6 Å². The first-order valence-corrected chi connectivity index (χ1v) is 7.54. The van der Waals surface area contributed by atoms with Gasteiger partial charge in [-0.2, -0.15) is 10.1 Å². The fourth-order valence-corrected chi connectivity index (χ4v) is 2.45. The number of hydrogen-bond donors (Lipinski definition) is 2. The number of hydrogen-bond acceptors (Lipinski definition) is 7. The molecule has 0 radical (unpaired) electrons.